The monoisotopic (exact) mass is 435 g/mol. The Kier molecular flexibility index (Phi) is 5.35. The van der Waals surface area contributed by atoms with E-state index < -0.39 is 0 Å². The van der Waals surface area contributed by atoms with Gasteiger partial charge in [0.05, 0.1) is 5.57 Å². The van der Waals surface area contributed by atoms with Gasteiger partial charge in [-0.2, -0.15) is 0 Å². The van der Waals surface area contributed by atoms with Crippen molar-refractivity contribution in [3.63, 3.8) is 0 Å². The van der Waals surface area contributed by atoms with Crippen molar-refractivity contribution in [2.45, 2.75) is 0 Å². The number of H-pyrrole nitrogens is 1. The zero-order valence-corrected chi connectivity index (χ0v) is 17.6. The van der Waals surface area contributed by atoms with Crippen molar-refractivity contribution < 1.29 is 9.59 Å². The van der Waals surface area contributed by atoms with Crippen molar-refractivity contribution in [2.24, 2.45) is 0 Å². The highest BCUT2D eigenvalue weighted by Crippen LogP contribution is 2.35. The number of aromatic nitrogens is 1. The number of hydrogen-bond donors (Lipinski definition) is 5. The SMILES string of the molecule is O=C(Nc1ccccc1)Nc1cccc(Nc2ccc3c(c2)/C(=C/c2ccc[nH]2)C(=O)N3)c1. The van der Waals surface area contributed by atoms with E-state index in [4.69, 9.17) is 0 Å². The number of anilines is 5. The molecule has 0 radical (unpaired) electrons. The molecule has 1 aromatic heterocycles. The maximum Gasteiger partial charge on any atom is 0.323 e. The first kappa shape index (κ1) is 20.1. The third kappa shape index (κ3) is 4.62. The minimum atomic E-state index is -0.320. The molecule has 33 heavy (non-hydrogen) atoms. The Morgan fingerprint density at radius 2 is 1.52 bits per heavy atom. The number of hydrogen-bond acceptors (Lipinski definition) is 3. The van der Waals surface area contributed by atoms with Crippen LogP contribution in [-0.4, -0.2) is 16.9 Å². The molecule has 0 fully saturated rings. The van der Waals surface area contributed by atoms with Crippen molar-refractivity contribution in [3.05, 3.63) is 102 Å². The van der Waals surface area contributed by atoms with E-state index in [-0.39, 0.29) is 11.9 Å². The van der Waals surface area contributed by atoms with Gasteiger partial charge in [0.1, 0.15) is 0 Å². The third-order valence-corrected chi connectivity index (χ3v) is 5.17. The van der Waals surface area contributed by atoms with Crippen molar-refractivity contribution in [2.75, 3.05) is 21.3 Å². The Bertz CT molecular complexity index is 1340. The summed E-state index contributed by atoms with van der Waals surface area (Å²) in [5.41, 5.74) is 6.07. The van der Waals surface area contributed by atoms with Crippen LogP contribution in [0.1, 0.15) is 11.3 Å². The molecule has 0 bridgehead atoms. The fraction of sp³-hybridized carbons (Fsp3) is 0. The predicted molar refractivity (Wildman–Crippen MR) is 133 cm³/mol. The van der Waals surface area contributed by atoms with E-state index in [0.717, 1.165) is 28.3 Å². The van der Waals surface area contributed by atoms with Gasteiger partial charge in [-0.3, -0.25) is 4.79 Å². The molecule has 3 aromatic carbocycles. The van der Waals surface area contributed by atoms with Crippen LogP contribution in [-0.2, 0) is 4.79 Å². The maximum atomic E-state index is 12.4. The van der Waals surface area contributed by atoms with Gasteiger partial charge in [0.25, 0.3) is 5.91 Å². The number of amides is 3. The quantitative estimate of drug-likeness (QED) is 0.253. The first-order valence-electron chi connectivity index (χ1n) is 10.4. The molecule has 0 unspecified atom stereocenters. The number of nitrogens with one attached hydrogen (secondary N) is 5. The van der Waals surface area contributed by atoms with Gasteiger partial charge in [0.2, 0.25) is 0 Å². The summed E-state index contributed by atoms with van der Waals surface area (Å²) in [6.45, 7) is 0. The molecule has 7 nitrogen and oxygen atoms in total. The maximum absolute atomic E-state index is 12.4. The summed E-state index contributed by atoms with van der Waals surface area (Å²) in [7, 11) is 0. The third-order valence-electron chi connectivity index (χ3n) is 5.17. The number of urea groups is 1. The molecule has 0 saturated heterocycles. The molecule has 1 aliphatic rings. The summed E-state index contributed by atoms with van der Waals surface area (Å²) in [6, 6.07) is 25.9. The number of carbonyl (C=O) groups is 2. The van der Waals surface area contributed by atoms with E-state index in [2.05, 4.69) is 26.3 Å². The highest BCUT2D eigenvalue weighted by Gasteiger charge is 2.24. The molecule has 4 aromatic rings. The minimum Gasteiger partial charge on any atom is -0.362 e. The molecular formula is C26H21N5O2. The first-order chi connectivity index (χ1) is 16.1. The average Bonchev–Trinajstić information content (AvgIpc) is 3.43. The minimum absolute atomic E-state index is 0.132. The predicted octanol–water partition coefficient (Wildman–Crippen LogP) is 5.90. The summed E-state index contributed by atoms with van der Waals surface area (Å²) < 4.78 is 0. The Morgan fingerprint density at radius 1 is 0.758 bits per heavy atom. The Labute approximate surface area is 190 Å². The molecule has 0 spiro atoms. The van der Waals surface area contributed by atoms with Crippen molar-refractivity contribution in [1.82, 2.24) is 4.98 Å². The Hall–Kier alpha value is -4.78. The zero-order valence-electron chi connectivity index (χ0n) is 17.6. The second-order valence-corrected chi connectivity index (χ2v) is 7.55. The standard InChI is InChI=1S/C26H21N5O2/c32-25-23(15-18-10-5-13-27-18)22-16-21(11-12-24(22)31-25)28-19-8-4-9-20(14-19)30-26(33)29-17-6-2-1-3-7-17/h1-16,27-28H,(H,31,32)(H2,29,30,33)/b23-15-. The molecule has 162 valence electrons. The van der Waals surface area contributed by atoms with Gasteiger partial charge in [-0.15, -0.1) is 0 Å². The van der Waals surface area contributed by atoms with Gasteiger partial charge in [-0.25, -0.2) is 4.79 Å². The van der Waals surface area contributed by atoms with Crippen LogP contribution in [0.15, 0.2) is 91.1 Å². The molecule has 7 heteroatoms. The molecule has 2 heterocycles. The number of para-hydroxylation sites is 1. The van der Waals surface area contributed by atoms with E-state index in [1.54, 1.807) is 0 Å². The highest BCUT2D eigenvalue weighted by atomic mass is 16.2. The van der Waals surface area contributed by atoms with E-state index in [9.17, 15) is 9.59 Å². The van der Waals surface area contributed by atoms with Gasteiger partial charge in [-0.05, 0) is 66.7 Å². The normalized spacial score (nSPS) is 13.3. The van der Waals surface area contributed by atoms with Crippen LogP contribution in [0.4, 0.5) is 33.2 Å². The highest BCUT2D eigenvalue weighted by molar-refractivity contribution is 6.35. The van der Waals surface area contributed by atoms with Crippen LogP contribution < -0.4 is 21.3 Å². The lowest BCUT2D eigenvalue weighted by Gasteiger charge is -2.11. The number of benzene rings is 3. The lowest BCUT2D eigenvalue weighted by atomic mass is 10.1. The van der Waals surface area contributed by atoms with Crippen LogP contribution >= 0.6 is 0 Å². The lowest BCUT2D eigenvalue weighted by Crippen LogP contribution is -2.19. The Balaban J connectivity index is 1.32. The van der Waals surface area contributed by atoms with Crippen LogP contribution in [0.5, 0.6) is 0 Å². The fourth-order valence-corrected chi connectivity index (χ4v) is 3.65. The molecule has 5 rings (SSSR count). The summed E-state index contributed by atoms with van der Waals surface area (Å²) in [4.78, 5) is 27.8. The summed E-state index contributed by atoms with van der Waals surface area (Å²) in [6.07, 6.45) is 3.65. The molecule has 0 saturated carbocycles. The summed E-state index contributed by atoms with van der Waals surface area (Å²) in [5.74, 6) is -0.132. The van der Waals surface area contributed by atoms with E-state index in [0.29, 0.717) is 16.9 Å². The second-order valence-electron chi connectivity index (χ2n) is 7.55. The van der Waals surface area contributed by atoms with Crippen molar-refractivity contribution in [1.29, 1.82) is 0 Å². The smallest absolute Gasteiger partial charge is 0.323 e. The van der Waals surface area contributed by atoms with E-state index in [1.165, 1.54) is 0 Å². The molecular weight excluding hydrogens is 414 g/mol. The van der Waals surface area contributed by atoms with Gasteiger partial charge in [0, 0.05) is 45.9 Å². The number of fused-ring (bicyclic) bond motifs is 1. The first-order valence-corrected chi connectivity index (χ1v) is 10.4. The van der Waals surface area contributed by atoms with Crippen LogP contribution in [0.25, 0.3) is 11.6 Å². The van der Waals surface area contributed by atoms with Crippen LogP contribution in [0.2, 0.25) is 0 Å². The topological polar surface area (TPSA) is 98.1 Å². The molecule has 3 amide bonds. The van der Waals surface area contributed by atoms with Gasteiger partial charge in [0.15, 0.2) is 0 Å². The lowest BCUT2D eigenvalue weighted by molar-refractivity contribution is -0.110. The van der Waals surface area contributed by atoms with E-state index in [1.807, 2.05) is 97.2 Å². The van der Waals surface area contributed by atoms with Crippen molar-refractivity contribution in [3.8, 4) is 0 Å². The van der Waals surface area contributed by atoms with E-state index >= 15 is 0 Å². The molecule has 0 aliphatic carbocycles. The summed E-state index contributed by atoms with van der Waals surface area (Å²) >= 11 is 0. The van der Waals surface area contributed by atoms with Gasteiger partial charge in [-0.1, -0.05) is 24.3 Å². The van der Waals surface area contributed by atoms with Crippen LogP contribution in [0, 0.1) is 0 Å². The fourth-order valence-electron chi connectivity index (χ4n) is 3.65. The molecule has 1 aliphatic heterocycles. The largest absolute Gasteiger partial charge is 0.362 e. The van der Waals surface area contributed by atoms with Crippen molar-refractivity contribution >= 4 is 52.0 Å². The number of rotatable bonds is 5. The Morgan fingerprint density at radius 3 is 2.33 bits per heavy atom. The average molecular weight is 435 g/mol. The van der Waals surface area contributed by atoms with Gasteiger partial charge >= 0.3 is 6.03 Å². The number of aromatic amines is 1. The number of carbonyl (C=O) groups excluding carboxylic acids is 2. The van der Waals surface area contributed by atoms with Crippen LogP contribution in [0.3, 0.4) is 0 Å². The summed E-state index contributed by atoms with van der Waals surface area (Å²) in [5, 5.41) is 11.9. The molecule has 0 atom stereocenters. The zero-order chi connectivity index (χ0) is 22.6. The van der Waals surface area contributed by atoms with Gasteiger partial charge < -0.3 is 26.3 Å². The molecule has 5 N–H and O–H groups in total. The second kappa shape index (κ2) is 8.76.